The maximum Gasteiger partial charge on any atom is 0.254 e. The summed E-state index contributed by atoms with van der Waals surface area (Å²) in [6, 6.07) is 7.49. The lowest BCUT2D eigenvalue weighted by atomic mass is 10.1. The standard InChI is InChI=1S/C13H20N2O2/c1-13(2,17-4)12(16)15(3)9-10-5-7-11(14)8-6-10/h5-8H,9,14H2,1-4H3. The number of hydrogen-bond donors (Lipinski definition) is 1. The molecule has 0 spiro atoms. The largest absolute Gasteiger partial charge is 0.399 e. The molecule has 1 aromatic carbocycles. The second-order valence-electron chi connectivity index (χ2n) is 4.62. The smallest absolute Gasteiger partial charge is 0.254 e. The highest BCUT2D eigenvalue weighted by Crippen LogP contribution is 2.14. The minimum absolute atomic E-state index is 0.0446. The molecule has 0 radical (unpaired) electrons. The normalized spacial score (nSPS) is 11.3. The van der Waals surface area contributed by atoms with Gasteiger partial charge in [-0.1, -0.05) is 12.1 Å². The van der Waals surface area contributed by atoms with Gasteiger partial charge < -0.3 is 15.4 Å². The summed E-state index contributed by atoms with van der Waals surface area (Å²) in [6.45, 7) is 4.07. The van der Waals surface area contributed by atoms with Crippen molar-refractivity contribution in [1.29, 1.82) is 0 Å². The molecule has 2 N–H and O–H groups in total. The Hall–Kier alpha value is -1.55. The van der Waals surface area contributed by atoms with Crippen LogP contribution in [0.15, 0.2) is 24.3 Å². The van der Waals surface area contributed by atoms with Crippen LogP contribution in [0.2, 0.25) is 0 Å². The zero-order valence-electron chi connectivity index (χ0n) is 10.9. The van der Waals surface area contributed by atoms with Gasteiger partial charge in [-0.05, 0) is 31.5 Å². The monoisotopic (exact) mass is 236 g/mol. The van der Waals surface area contributed by atoms with Crippen LogP contribution in [0, 0.1) is 0 Å². The molecule has 0 unspecified atom stereocenters. The van der Waals surface area contributed by atoms with Crippen molar-refractivity contribution in [2.45, 2.75) is 26.0 Å². The van der Waals surface area contributed by atoms with Crippen molar-refractivity contribution in [2.24, 2.45) is 0 Å². The maximum absolute atomic E-state index is 12.0. The van der Waals surface area contributed by atoms with Gasteiger partial charge in [0.25, 0.3) is 5.91 Å². The second-order valence-corrected chi connectivity index (χ2v) is 4.62. The van der Waals surface area contributed by atoms with Gasteiger partial charge in [0, 0.05) is 26.4 Å². The molecule has 4 nitrogen and oxygen atoms in total. The Morgan fingerprint density at radius 3 is 2.35 bits per heavy atom. The Bertz CT molecular complexity index is 385. The summed E-state index contributed by atoms with van der Waals surface area (Å²) in [5.41, 5.74) is 6.58. The average Bonchev–Trinajstić information content (AvgIpc) is 2.31. The molecule has 0 aliphatic heterocycles. The Morgan fingerprint density at radius 1 is 1.35 bits per heavy atom. The predicted molar refractivity (Wildman–Crippen MR) is 68.4 cm³/mol. The quantitative estimate of drug-likeness (QED) is 0.809. The van der Waals surface area contributed by atoms with Crippen molar-refractivity contribution in [3.05, 3.63) is 29.8 Å². The number of carbonyl (C=O) groups excluding carboxylic acids is 1. The first kappa shape index (κ1) is 13.5. The summed E-state index contributed by atoms with van der Waals surface area (Å²) in [7, 11) is 3.30. The fraction of sp³-hybridized carbons (Fsp3) is 0.462. The van der Waals surface area contributed by atoms with E-state index in [9.17, 15) is 4.79 Å². The van der Waals surface area contributed by atoms with Crippen LogP contribution in [0.4, 0.5) is 5.69 Å². The molecule has 0 aromatic heterocycles. The third-order valence-corrected chi connectivity index (χ3v) is 2.77. The number of nitrogens with two attached hydrogens (primary N) is 1. The number of ether oxygens (including phenoxy) is 1. The molecule has 4 heteroatoms. The van der Waals surface area contributed by atoms with Crippen LogP contribution in [-0.2, 0) is 16.1 Å². The highest BCUT2D eigenvalue weighted by Gasteiger charge is 2.29. The number of nitrogen functional groups attached to an aromatic ring is 1. The fourth-order valence-corrected chi connectivity index (χ4v) is 1.52. The van der Waals surface area contributed by atoms with Crippen LogP contribution in [-0.4, -0.2) is 30.6 Å². The van der Waals surface area contributed by atoms with E-state index >= 15 is 0 Å². The zero-order chi connectivity index (χ0) is 13.1. The van der Waals surface area contributed by atoms with Gasteiger partial charge in [0.2, 0.25) is 0 Å². The van der Waals surface area contributed by atoms with E-state index in [1.54, 1.807) is 25.8 Å². The van der Waals surface area contributed by atoms with Crippen LogP contribution >= 0.6 is 0 Å². The molecule has 17 heavy (non-hydrogen) atoms. The summed E-state index contributed by atoms with van der Waals surface area (Å²) in [4.78, 5) is 13.7. The molecule has 0 atom stereocenters. The van der Waals surface area contributed by atoms with Crippen LogP contribution in [0.25, 0.3) is 0 Å². The number of likely N-dealkylation sites (N-methyl/N-ethyl adjacent to an activating group) is 1. The lowest BCUT2D eigenvalue weighted by molar-refractivity contribution is -0.150. The van der Waals surface area contributed by atoms with Crippen molar-refractivity contribution in [3.63, 3.8) is 0 Å². The fourth-order valence-electron chi connectivity index (χ4n) is 1.52. The first-order chi connectivity index (χ1) is 7.86. The molecule has 1 rings (SSSR count). The van der Waals surface area contributed by atoms with Gasteiger partial charge in [0.1, 0.15) is 5.60 Å². The summed E-state index contributed by atoms with van der Waals surface area (Å²) in [6.07, 6.45) is 0. The van der Waals surface area contributed by atoms with E-state index in [0.717, 1.165) is 11.3 Å². The SMILES string of the molecule is COC(C)(C)C(=O)N(C)Cc1ccc(N)cc1. The number of amides is 1. The molecular formula is C13H20N2O2. The maximum atomic E-state index is 12.0. The number of hydrogen-bond acceptors (Lipinski definition) is 3. The average molecular weight is 236 g/mol. The summed E-state index contributed by atoms with van der Waals surface area (Å²) in [5.74, 6) is -0.0446. The van der Waals surface area contributed by atoms with Crippen molar-refractivity contribution in [3.8, 4) is 0 Å². The molecule has 0 aliphatic rings. The van der Waals surface area contributed by atoms with Gasteiger partial charge in [-0.3, -0.25) is 4.79 Å². The Kier molecular flexibility index (Phi) is 4.12. The van der Waals surface area contributed by atoms with E-state index in [1.165, 1.54) is 7.11 Å². The van der Waals surface area contributed by atoms with Gasteiger partial charge in [0.15, 0.2) is 0 Å². The lowest BCUT2D eigenvalue weighted by Gasteiger charge is -2.28. The topological polar surface area (TPSA) is 55.6 Å². The van der Waals surface area contributed by atoms with Crippen molar-refractivity contribution in [1.82, 2.24) is 4.90 Å². The molecular weight excluding hydrogens is 216 g/mol. The highest BCUT2D eigenvalue weighted by atomic mass is 16.5. The molecule has 1 amide bonds. The third kappa shape index (κ3) is 3.46. The van der Waals surface area contributed by atoms with Gasteiger partial charge in [-0.2, -0.15) is 0 Å². The van der Waals surface area contributed by atoms with E-state index in [-0.39, 0.29) is 5.91 Å². The van der Waals surface area contributed by atoms with Gasteiger partial charge >= 0.3 is 0 Å². The van der Waals surface area contributed by atoms with E-state index in [2.05, 4.69) is 0 Å². The molecule has 1 aromatic rings. The van der Waals surface area contributed by atoms with E-state index in [4.69, 9.17) is 10.5 Å². The minimum atomic E-state index is -0.789. The van der Waals surface area contributed by atoms with Gasteiger partial charge in [-0.15, -0.1) is 0 Å². The van der Waals surface area contributed by atoms with Crippen LogP contribution in [0.5, 0.6) is 0 Å². The number of rotatable bonds is 4. The first-order valence-electron chi connectivity index (χ1n) is 5.52. The number of benzene rings is 1. The van der Waals surface area contributed by atoms with E-state index in [1.807, 2.05) is 24.3 Å². The van der Waals surface area contributed by atoms with Crippen LogP contribution in [0.1, 0.15) is 19.4 Å². The van der Waals surface area contributed by atoms with E-state index < -0.39 is 5.60 Å². The van der Waals surface area contributed by atoms with Crippen molar-refractivity contribution in [2.75, 3.05) is 19.9 Å². The highest BCUT2D eigenvalue weighted by molar-refractivity contribution is 5.84. The lowest BCUT2D eigenvalue weighted by Crippen LogP contribution is -2.44. The molecule has 0 fully saturated rings. The van der Waals surface area contributed by atoms with Crippen LogP contribution < -0.4 is 5.73 Å². The number of carbonyl (C=O) groups is 1. The number of methoxy groups -OCH3 is 1. The number of nitrogens with zero attached hydrogens (tertiary/aromatic N) is 1. The summed E-state index contributed by atoms with van der Waals surface area (Å²) in [5, 5.41) is 0. The second kappa shape index (κ2) is 5.19. The zero-order valence-corrected chi connectivity index (χ0v) is 10.9. The Labute approximate surface area is 102 Å². The number of anilines is 1. The predicted octanol–water partition coefficient (Wildman–Crippen LogP) is 1.65. The molecule has 0 bridgehead atoms. The van der Waals surface area contributed by atoms with Gasteiger partial charge in [-0.25, -0.2) is 0 Å². The third-order valence-electron chi connectivity index (χ3n) is 2.77. The molecule has 0 saturated carbocycles. The first-order valence-corrected chi connectivity index (χ1v) is 5.52. The molecule has 0 saturated heterocycles. The van der Waals surface area contributed by atoms with Gasteiger partial charge in [0.05, 0.1) is 0 Å². The Balaban J connectivity index is 2.69. The molecule has 0 heterocycles. The van der Waals surface area contributed by atoms with Crippen molar-refractivity contribution >= 4 is 11.6 Å². The summed E-state index contributed by atoms with van der Waals surface area (Å²) >= 11 is 0. The van der Waals surface area contributed by atoms with E-state index in [0.29, 0.717) is 6.54 Å². The van der Waals surface area contributed by atoms with Crippen LogP contribution in [0.3, 0.4) is 0 Å². The summed E-state index contributed by atoms with van der Waals surface area (Å²) < 4.78 is 5.17. The molecule has 94 valence electrons. The van der Waals surface area contributed by atoms with Crippen molar-refractivity contribution < 1.29 is 9.53 Å². The Morgan fingerprint density at radius 2 is 1.88 bits per heavy atom. The molecule has 0 aliphatic carbocycles. The minimum Gasteiger partial charge on any atom is -0.399 e.